The number of ether oxygens (including phenoxy) is 1. The molecule has 0 unspecified atom stereocenters. The molecule has 5 heteroatoms. The van der Waals surface area contributed by atoms with Gasteiger partial charge in [0.1, 0.15) is 6.61 Å². The van der Waals surface area contributed by atoms with Crippen LogP contribution in [0.1, 0.15) is 19.8 Å². The molecular formula is C16H25KN2O2. The SMILES string of the molecule is C=C/C=C\C(=C/C)C1(CNC(=O)COC)CC[N-]CC1.[K+]. The molecule has 1 N–H and O–H groups in total. The molecule has 0 aliphatic carbocycles. The maximum atomic E-state index is 11.6. The number of amides is 1. The largest absolute Gasteiger partial charge is 1.00 e. The first-order chi connectivity index (χ1) is 9.68. The van der Waals surface area contributed by atoms with Crippen molar-refractivity contribution >= 4 is 5.91 Å². The maximum absolute atomic E-state index is 11.6. The van der Waals surface area contributed by atoms with E-state index in [9.17, 15) is 4.79 Å². The average molecular weight is 316 g/mol. The molecule has 0 aromatic carbocycles. The number of hydrogen-bond donors (Lipinski definition) is 1. The number of nitrogens with zero attached hydrogens (tertiary/aromatic N) is 1. The molecule has 0 spiro atoms. The summed E-state index contributed by atoms with van der Waals surface area (Å²) in [5.41, 5.74) is 1.21. The van der Waals surface area contributed by atoms with E-state index in [0.717, 1.165) is 25.9 Å². The van der Waals surface area contributed by atoms with Gasteiger partial charge in [-0.1, -0.05) is 43.7 Å². The van der Waals surface area contributed by atoms with Crippen molar-refractivity contribution in [2.45, 2.75) is 19.8 Å². The molecule has 4 nitrogen and oxygen atoms in total. The number of hydrogen-bond acceptors (Lipinski definition) is 2. The van der Waals surface area contributed by atoms with E-state index < -0.39 is 0 Å². The fourth-order valence-electron chi connectivity index (χ4n) is 2.59. The van der Waals surface area contributed by atoms with Crippen LogP contribution in [0, 0.1) is 5.41 Å². The predicted octanol–water partition coefficient (Wildman–Crippen LogP) is -0.405. The molecular weight excluding hydrogens is 291 g/mol. The molecule has 1 amide bonds. The molecule has 1 rings (SSSR count). The number of methoxy groups -OCH3 is 1. The third kappa shape index (κ3) is 6.90. The Bertz CT molecular complexity index is 386. The molecule has 0 saturated carbocycles. The quantitative estimate of drug-likeness (QED) is 0.513. The minimum Gasteiger partial charge on any atom is -0.662 e. The fraction of sp³-hybridized carbons (Fsp3) is 0.562. The van der Waals surface area contributed by atoms with Gasteiger partial charge >= 0.3 is 51.4 Å². The molecule has 1 heterocycles. The smallest absolute Gasteiger partial charge is 0.662 e. The summed E-state index contributed by atoms with van der Waals surface area (Å²) in [6, 6.07) is 0. The van der Waals surface area contributed by atoms with Crippen molar-refractivity contribution < 1.29 is 60.9 Å². The van der Waals surface area contributed by atoms with Gasteiger partial charge in [-0.2, -0.15) is 0 Å². The van der Waals surface area contributed by atoms with Crippen molar-refractivity contribution in [1.82, 2.24) is 5.32 Å². The zero-order valence-electron chi connectivity index (χ0n) is 13.5. The number of piperidine rings is 1. The van der Waals surface area contributed by atoms with Gasteiger partial charge < -0.3 is 15.4 Å². The van der Waals surface area contributed by atoms with Gasteiger partial charge in [-0.15, -0.1) is 13.1 Å². The van der Waals surface area contributed by atoms with Crippen LogP contribution >= 0.6 is 0 Å². The Hall–Kier alpha value is 0.246. The Morgan fingerprint density at radius 2 is 2.10 bits per heavy atom. The minimum absolute atomic E-state index is 0. The summed E-state index contributed by atoms with van der Waals surface area (Å²) in [7, 11) is 1.53. The van der Waals surface area contributed by atoms with Crippen molar-refractivity contribution in [3.63, 3.8) is 0 Å². The summed E-state index contributed by atoms with van der Waals surface area (Å²) in [5, 5.41) is 7.40. The van der Waals surface area contributed by atoms with E-state index in [1.54, 1.807) is 6.08 Å². The Balaban J connectivity index is 0.00000400. The molecule has 0 aromatic heterocycles. The standard InChI is InChI=1S/C16H25N2O2.K/c1-4-6-7-14(5-2)16(8-10-17-11-9-16)13-18-15(19)12-20-3;/h4-7H,1,8-13H2,2-3H3,(H,18,19);/q-1;+1/b7-6-,14-5+;. The van der Waals surface area contributed by atoms with E-state index in [0.29, 0.717) is 6.54 Å². The number of carbonyl (C=O) groups is 1. The van der Waals surface area contributed by atoms with Gasteiger partial charge in [0.25, 0.3) is 0 Å². The van der Waals surface area contributed by atoms with Gasteiger partial charge in [0, 0.05) is 19.1 Å². The number of allylic oxidation sites excluding steroid dienone is 4. The van der Waals surface area contributed by atoms with Crippen LogP contribution in [0.15, 0.2) is 36.5 Å². The predicted molar refractivity (Wildman–Crippen MR) is 82.7 cm³/mol. The Morgan fingerprint density at radius 3 is 2.62 bits per heavy atom. The van der Waals surface area contributed by atoms with Gasteiger partial charge in [-0.05, 0) is 12.5 Å². The molecule has 1 aliphatic heterocycles. The first-order valence-corrected chi connectivity index (χ1v) is 7.03. The third-order valence-electron chi connectivity index (χ3n) is 3.73. The van der Waals surface area contributed by atoms with E-state index in [1.807, 2.05) is 13.0 Å². The minimum atomic E-state index is -0.0717. The second kappa shape index (κ2) is 11.8. The molecule has 0 aromatic rings. The Morgan fingerprint density at radius 1 is 1.43 bits per heavy atom. The number of nitrogens with one attached hydrogen (secondary N) is 1. The number of carbonyl (C=O) groups excluding carboxylic acids is 1. The Kier molecular flexibility index (Phi) is 11.9. The summed E-state index contributed by atoms with van der Waals surface area (Å²) in [5.74, 6) is -0.0717. The third-order valence-corrected chi connectivity index (χ3v) is 3.73. The topological polar surface area (TPSA) is 52.4 Å². The van der Waals surface area contributed by atoms with Crippen LogP contribution < -0.4 is 56.7 Å². The van der Waals surface area contributed by atoms with E-state index in [1.165, 1.54) is 12.7 Å². The van der Waals surface area contributed by atoms with Crippen LogP contribution in [-0.2, 0) is 9.53 Å². The van der Waals surface area contributed by atoms with Crippen LogP contribution in [0.5, 0.6) is 0 Å². The van der Waals surface area contributed by atoms with E-state index >= 15 is 0 Å². The van der Waals surface area contributed by atoms with Gasteiger partial charge in [-0.25, -0.2) is 0 Å². The Labute approximate surface area is 170 Å². The monoisotopic (exact) mass is 316 g/mol. The van der Waals surface area contributed by atoms with Crippen molar-refractivity contribution in [2.24, 2.45) is 5.41 Å². The molecule has 0 atom stereocenters. The second-order valence-electron chi connectivity index (χ2n) is 5.00. The number of rotatable bonds is 7. The molecule has 1 saturated heterocycles. The van der Waals surface area contributed by atoms with Crippen LogP contribution in [0.3, 0.4) is 0 Å². The maximum Gasteiger partial charge on any atom is 1.00 e. The van der Waals surface area contributed by atoms with E-state index in [4.69, 9.17) is 4.74 Å². The molecule has 1 aliphatic rings. The van der Waals surface area contributed by atoms with E-state index in [-0.39, 0.29) is 69.3 Å². The first kappa shape index (κ1) is 21.2. The normalized spacial score (nSPS) is 18.1. The second-order valence-corrected chi connectivity index (χ2v) is 5.00. The van der Waals surface area contributed by atoms with Crippen molar-refractivity contribution in [2.75, 3.05) is 33.4 Å². The van der Waals surface area contributed by atoms with Crippen molar-refractivity contribution in [3.8, 4) is 0 Å². The summed E-state index contributed by atoms with van der Waals surface area (Å²) < 4.78 is 4.86. The summed E-state index contributed by atoms with van der Waals surface area (Å²) in [4.78, 5) is 11.6. The molecule has 0 radical (unpaired) electrons. The fourth-order valence-corrected chi connectivity index (χ4v) is 2.59. The average Bonchev–Trinajstić information content (AvgIpc) is 2.47. The summed E-state index contributed by atoms with van der Waals surface area (Å²) >= 11 is 0. The molecule has 21 heavy (non-hydrogen) atoms. The summed E-state index contributed by atoms with van der Waals surface area (Å²) in [6.07, 6.45) is 9.84. The van der Waals surface area contributed by atoms with Gasteiger partial charge in [0.15, 0.2) is 0 Å². The van der Waals surface area contributed by atoms with Crippen LogP contribution in [-0.4, -0.2) is 39.3 Å². The van der Waals surface area contributed by atoms with Crippen LogP contribution in [0.2, 0.25) is 0 Å². The van der Waals surface area contributed by atoms with E-state index in [2.05, 4.69) is 29.4 Å². The zero-order chi connectivity index (χ0) is 14.8. The van der Waals surface area contributed by atoms with Crippen molar-refractivity contribution in [3.05, 3.63) is 41.8 Å². The zero-order valence-corrected chi connectivity index (χ0v) is 16.6. The van der Waals surface area contributed by atoms with Gasteiger partial charge in [0.05, 0.1) is 0 Å². The first-order valence-electron chi connectivity index (χ1n) is 7.03. The molecule has 0 bridgehead atoms. The van der Waals surface area contributed by atoms with Crippen LogP contribution in [0.25, 0.3) is 5.32 Å². The molecule has 112 valence electrons. The summed E-state index contributed by atoms with van der Waals surface area (Å²) in [6.45, 7) is 8.18. The van der Waals surface area contributed by atoms with Gasteiger partial charge in [-0.3, -0.25) is 4.79 Å². The van der Waals surface area contributed by atoms with Crippen LogP contribution in [0.4, 0.5) is 0 Å². The van der Waals surface area contributed by atoms with Gasteiger partial charge in [0.2, 0.25) is 5.91 Å². The molecule has 1 fully saturated rings. The van der Waals surface area contributed by atoms with Crippen molar-refractivity contribution in [1.29, 1.82) is 0 Å².